The second-order valence-corrected chi connectivity index (χ2v) is 5.67. The normalized spacial score (nSPS) is 14.5. The molecular weight excluding hydrogens is 281 g/mol. The minimum absolute atomic E-state index is 0.150. The van der Waals surface area contributed by atoms with E-state index in [2.05, 4.69) is 9.97 Å². The van der Waals surface area contributed by atoms with E-state index < -0.39 is 0 Å². The summed E-state index contributed by atoms with van der Waals surface area (Å²) in [6.45, 7) is 1.79. The number of nitrogens with zero attached hydrogens (tertiary/aromatic N) is 3. The van der Waals surface area contributed by atoms with Crippen molar-refractivity contribution >= 4 is 11.2 Å². The Morgan fingerprint density at radius 3 is 2.82 bits per heavy atom. The number of halogens is 1. The molecule has 0 spiro atoms. The van der Waals surface area contributed by atoms with Crippen LogP contribution in [0.4, 0.5) is 4.39 Å². The van der Waals surface area contributed by atoms with Crippen LogP contribution in [0.3, 0.4) is 0 Å². The summed E-state index contributed by atoms with van der Waals surface area (Å²) in [5.74, 6) is -0.314. The van der Waals surface area contributed by atoms with Crippen molar-refractivity contribution in [3.05, 3.63) is 58.3 Å². The highest BCUT2D eigenvalue weighted by atomic mass is 19.1. The third kappa shape index (κ3) is 2.01. The zero-order chi connectivity index (χ0) is 15.3. The summed E-state index contributed by atoms with van der Waals surface area (Å²) in [5, 5.41) is 0. The molecule has 1 aromatic carbocycles. The number of hydrogen-bond acceptors (Lipinski definition) is 3. The Morgan fingerprint density at radius 2 is 2.09 bits per heavy atom. The van der Waals surface area contributed by atoms with Crippen LogP contribution in [0.1, 0.15) is 24.4 Å². The Kier molecular flexibility index (Phi) is 2.82. The number of pyridine rings is 1. The maximum atomic E-state index is 13.3. The van der Waals surface area contributed by atoms with Crippen molar-refractivity contribution < 1.29 is 4.39 Å². The van der Waals surface area contributed by atoms with Gasteiger partial charge in [-0.15, -0.1) is 0 Å². The predicted molar refractivity (Wildman–Crippen MR) is 82.2 cm³/mol. The van der Waals surface area contributed by atoms with Gasteiger partial charge in [-0.05, 0) is 55.7 Å². The van der Waals surface area contributed by atoms with E-state index in [0.717, 1.165) is 12.8 Å². The lowest BCUT2D eigenvalue weighted by atomic mass is 10.1. The van der Waals surface area contributed by atoms with Crippen LogP contribution < -0.4 is 5.56 Å². The maximum absolute atomic E-state index is 13.3. The zero-order valence-corrected chi connectivity index (χ0v) is 12.1. The van der Waals surface area contributed by atoms with Gasteiger partial charge < -0.3 is 0 Å². The minimum Gasteiger partial charge on any atom is -0.286 e. The van der Waals surface area contributed by atoms with Crippen LogP contribution in [0.25, 0.3) is 22.4 Å². The second kappa shape index (κ2) is 4.73. The molecule has 0 atom stereocenters. The summed E-state index contributed by atoms with van der Waals surface area (Å²) in [4.78, 5) is 21.7. The van der Waals surface area contributed by atoms with Gasteiger partial charge in [0.15, 0.2) is 5.65 Å². The van der Waals surface area contributed by atoms with Gasteiger partial charge in [-0.2, -0.15) is 0 Å². The first-order valence-electron chi connectivity index (χ1n) is 7.29. The molecule has 5 heteroatoms. The van der Waals surface area contributed by atoms with Gasteiger partial charge in [-0.25, -0.2) is 14.4 Å². The average Bonchev–Trinajstić information content (AvgIpc) is 3.32. The molecule has 1 saturated carbocycles. The summed E-state index contributed by atoms with van der Waals surface area (Å²) in [6, 6.07) is 8.26. The minimum atomic E-state index is -0.314. The largest absolute Gasteiger partial charge is 0.286 e. The summed E-state index contributed by atoms with van der Waals surface area (Å²) in [6.07, 6.45) is 3.64. The number of benzene rings is 1. The molecule has 1 aliphatic rings. The van der Waals surface area contributed by atoms with Crippen molar-refractivity contribution in [2.75, 3.05) is 0 Å². The molecule has 0 aliphatic heterocycles. The van der Waals surface area contributed by atoms with E-state index in [1.165, 1.54) is 12.1 Å². The van der Waals surface area contributed by atoms with E-state index >= 15 is 0 Å². The molecule has 3 aromatic rings. The van der Waals surface area contributed by atoms with E-state index in [0.29, 0.717) is 28.0 Å². The number of aryl methyl sites for hydroxylation is 1. The van der Waals surface area contributed by atoms with Crippen molar-refractivity contribution in [3.8, 4) is 11.3 Å². The molecule has 0 bridgehead atoms. The fourth-order valence-electron chi connectivity index (χ4n) is 2.78. The molecule has 0 amide bonds. The topological polar surface area (TPSA) is 47.8 Å². The monoisotopic (exact) mass is 295 g/mol. The average molecular weight is 295 g/mol. The highest BCUT2D eigenvalue weighted by Crippen LogP contribution is 2.35. The van der Waals surface area contributed by atoms with Crippen LogP contribution in [-0.2, 0) is 0 Å². The van der Waals surface area contributed by atoms with E-state index in [9.17, 15) is 9.18 Å². The van der Waals surface area contributed by atoms with Crippen molar-refractivity contribution in [1.29, 1.82) is 0 Å². The molecule has 2 heterocycles. The van der Waals surface area contributed by atoms with E-state index in [-0.39, 0.29) is 17.4 Å². The van der Waals surface area contributed by atoms with Gasteiger partial charge >= 0.3 is 0 Å². The lowest BCUT2D eigenvalue weighted by Gasteiger charge is -2.11. The van der Waals surface area contributed by atoms with Gasteiger partial charge in [0.25, 0.3) is 5.56 Å². The third-order valence-corrected chi connectivity index (χ3v) is 4.00. The van der Waals surface area contributed by atoms with Crippen LogP contribution in [0.2, 0.25) is 0 Å². The predicted octanol–water partition coefficient (Wildman–Crippen LogP) is 3.24. The van der Waals surface area contributed by atoms with Gasteiger partial charge in [-0.1, -0.05) is 0 Å². The SMILES string of the molecule is Cc1cc(F)ccc1-c1nc2cccnc2n(C2CC2)c1=O. The van der Waals surface area contributed by atoms with E-state index in [1.807, 2.05) is 6.07 Å². The van der Waals surface area contributed by atoms with Crippen molar-refractivity contribution in [3.63, 3.8) is 0 Å². The Morgan fingerprint density at radius 1 is 1.27 bits per heavy atom. The van der Waals surface area contributed by atoms with Crippen molar-refractivity contribution in [2.24, 2.45) is 0 Å². The quantitative estimate of drug-likeness (QED) is 0.729. The second-order valence-electron chi connectivity index (χ2n) is 5.67. The summed E-state index contributed by atoms with van der Waals surface area (Å²) < 4.78 is 15.1. The maximum Gasteiger partial charge on any atom is 0.279 e. The first kappa shape index (κ1) is 13.1. The molecule has 1 aliphatic carbocycles. The fraction of sp³-hybridized carbons (Fsp3) is 0.235. The van der Waals surface area contributed by atoms with Crippen LogP contribution in [-0.4, -0.2) is 14.5 Å². The van der Waals surface area contributed by atoms with Crippen LogP contribution in [0.5, 0.6) is 0 Å². The number of rotatable bonds is 2. The lowest BCUT2D eigenvalue weighted by Crippen LogP contribution is -2.23. The molecule has 1 fully saturated rings. The number of fused-ring (bicyclic) bond motifs is 1. The molecule has 22 heavy (non-hydrogen) atoms. The van der Waals surface area contributed by atoms with Crippen molar-refractivity contribution in [2.45, 2.75) is 25.8 Å². The van der Waals surface area contributed by atoms with Gasteiger partial charge in [0.05, 0.1) is 0 Å². The molecule has 0 N–H and O–H groups in total. The van der Waals surface area contributed by atoms with E-state index in [1.54, 1.807) is 29.8 Å². The molecule has 4 rings (SSSR count). The smallest absolute Gasteiger partial charge is 0.279 e. The first-order valence-corrected chi connectivity index (χ1v) is 7.29. The summed E-state index contributed by atoms with van der Waals surface area (Å²) >= 11 is 0. The van der Waals surface area contributed by atoms with Gasteiger partial charge in [0.1, 0.15) is 17.0 Å². The third-order valence-electron chi connectivity index (χ3n) is 4.00. The summed E-state index contributed by atoms with van der Waals surface area (Å²) in [5.41, 5.74) is 2.90. The highest BCUT2D eigenvalue weighted by molar-refractivity contribution is 5.75. The summed E-state index contributed by atoms with van der Waals surface area (Å²) in [7, 11) is 0. The lowest BCUT2D eigenvalue weighted by molar-refractivity contribution is 0.627. The Labute approximate surface area is 126 Å². The molecule has 0 radical (unpaired) electrons. The van der Waals surface area contributed by atoms with Crippen LogP contribution >= 0.6 is 0 Å². The Bertz CT molecular complexity index is 944. The first-order chi connectivity index (χ1) is 10.6. The molecule has 2 aromatic heterocycles. The van der Waals surface area contributed by atoms with Crippen LogP contribution in [0, 0.1) is 12.7 Å². The Hall–Kier alpha value is -2.56. The Balaban J connectivity index is 2.06. The molecular formula is C17H14FN3O. The molecule has 110 valence electrons. The zero-order valence-electron chi connectivity index (χ0n) is 12.1. The van der Waals surface area contributed by atoms with Crippen LogP contribution in [0.15, 0.2) is 41.3 Å². The van der Waals surface area contributed by atoms with Gasteiger partial charge in [-0.3, -0.25) is 9.36 Å². The molecule has 0 unspecified atom stereocenters. The standard InChI is InChI=1S/C17H14FN3O/c1-10-9-11(18)4-7-13(10)15-17(22)21(12-5-6-12)16-14(20-15)3-2-8-19-16/h2-4,7-9,12H,5-6H2,1H3. The highest BCUT2D eigenvalue weighted by Gasteiger charge is 2.28. The fourth-order valence-corrected chi connectivity index (χ4v) is 2.78. The molecule has 4 nitrogen and oxygen atoms in total. The van der Waals surface area contributed by atoms with E-state index in [4.69, 9.17) is 0 Å². The molecule has 0 saturated heterocycles. The number of hydrogen-bond donors (Lipinski definition) is 0. The van der Waals surface area contributed by atoms with Crippen molar-refractivity contribution in [1.82, 2.24) is 14.5 Å². The van der Waals surface area contributed by atoms with Gasteiger partial charge in [0, 0.05) is 17.8 Å². The number of aromatic nitrogens is 3. The van der Waals surface area contributed by atoms with Gasteiger partial charge in [0.2, 0.25) is 0 Å².